The SMILES string of the molecule is O=C(Cl)c1cc(F)ccc1I. The van der Waals surface area contributed by atoms with Gasteiger partial charge in [-0.2, -0.15) is 0 Å². The van der Waals surface area contributed by atoms with Crippen LogP contribution in [0.1, 0.15) is 10.4 Å². The Morgan fingerprint density at radius 1 is 1.55 bits per heavy atom. The Morgan fingerprint density at radius 2 is 2.18 bits per heavy atom. The van der Waals surface area contributed by atoms with Crippen LogP contribution in [-0.4, -0.2) is 5.24 Å². The third kappa shape index (κ3) is 2.13. The fraction of sp³-hybridized carbons (Fsp3) is 0. The Morgan fingerprint density at radius 3 is 2.64 bits per heavy atom. The number of halogens is 3. The zero-order valence-electron chi connectivity index (χ0n) is 5.27. The van der Waals surface area contributed by atoms with Gasteiger partial charge in [-0.15, -0.1) is 0 Å². The fourth-order valence-electron chi connectivity index (χ4n) is 0.648. The summed E-state index contributed by atoms with van der Waals surface area (Å²) in [6.45, 7) is 0. The zero-order valence-corrected chi connectivity index (χ0v) is 8.19. The Labute approximate surface area is 81.7 Å². The van der Waals surface area contributed by atoms with E-state index in [1.165, 1.54) is 12.1 Å². The first kappa shape index (κ1) is 8.93. The van der Waals surface area contributed by atoms with Gasteiger partial charge in [-0.25, -0.2) is 4.39 Å². The molecule has 0 atom stereocenters. The molecule has 11 heavy (non-hydrogen) atoms. The largest absolute Gasteiger partial charge is 0.276 e. The summed E-state index contributed by atoms with van der Waals surface area (Å²) in [6, 6.07) is 3.91. The molecule has 58 valence electrons. The van der Waals surface area contributed by atoms with Crippen molar-refractivity contribution in [1.82, 2.24) is 0 Å². The van der Waals surface area contributed by atoms with Gasteiger partial charge in [0.1, 0.15) is 5.82 Å². The van der Waals surface area contributed by atoms with E-state index in [1.54, 1.807) is 0 Å². The summed E-state index contributed by atoms with van der Waals surface area (Å²) in [7, 11) is 0. The van der Waals surface area contributed by atoms with Crippen molar-refractivity contribution in [2.45, 2.75) is 0 Å². The molecule has 0 heterocycles. The van der Waals surface area contributed by atoms with Gasteiger partial charge in [0.25, 0.3) is 5.24 Å². The second kappa shape index (κ2) is 3.49. The van der Waals surface area contributed by atoms with Crippen molar-refractivity contribution >= 4 is 39.4 Å². The molecule has 1 aromatic carbocycles. The molecule has 0 N–H and O–H groups in total. The minimum Gasteiger partial charge on any atom is -0.276 e. The van der Waals surface area contributed by atoms with Gasteiger partial charge in [0, 0.05) is 3.57 Å². The van der Waals surface area contributed by atoms with Crippen molar-refractivity contribution < 1.29 is 9.18 Å². The third-order valence-corrected chi connectivity index (χ3v) is 2.28. The van der Waals surface area contributed by atoms with Crippen molar-refractivity contribution in [3.05, 3.63) is 33.1 Å². The first-order valence-electron chi connectivity index (χ1n) is 2.76. The second-order valence-electron chi connectivity index (χ2n) is 1.90. The number of benzene rings is 1. The van der Waals surface area contributed by atoms with Crippen LogP contribution >= 0.6 is 34.2 Å². The van der Waals surface area contributed by atoms with Crippen LogP contribution in [-0.2, 0) is 0 Å². The summed E-state index contributed by atoms with van der Waals surface area (Å²) in [4.78, 5) is 10.6. The van der Waals surface area contributed by atoms with Crippen LogP contribution in [0.5, 0.6) is 0 Å². The maximum Gasteiger partial charge on any atom is 0.253 e. The van der Waals surface area contributed by atoms with Crippen molar-refractivity contribution in [2.24, 2.45) is 0 Å². The molecule has 0 aliphatic carbocycles. The highest BCUT2D eigenvalue weighted by molar-refractivity contribution is 14.1. The van der Waals surface area contributed by atoms with Crippen LogP contribution in [0.15, 0.2) is 18.2 Å². The van der Waals surface area contributed by atoms with Crippen molar-refractivity contribution in [3.63, 3.8) is 0 Å². The van der Waals surface area contributed by atoms with Crippen LogP contribution < -0.4 is 0 Å². The van der Waals surface area contributed by atoms with Crippen LogP contribution in [0.2, 0.25) is 0 Å². The average Bonchev–Trinajstić information content (AvgIpc) is 1.94. The quantitative estimate of drug-likeness (QED) is 0.572. The van der Waals surface area contributed by atoms with Gasteiger partial charge in [-0.1, -0.05) is 0 Å². The minimum absolute atomic E-state index is 0.215. The summed E-state index contributed by atoms with van der Waals surface area (Å²) in [6.07, 6.45) is 0. The van der Waals surface area contributed by atoms with Crippen molar-refractivity contribution in [3.8, 4) is 0 Å². The molecular weight excluding hydrogens is 281 g/mol. The molecule has 0 amide bonds. The second-order valence-corrected chi connectivity index (χ2v) is 3.40. The monoisotopic (exact) mass is 284 g/mol. The normalized spacial score (nSPS) is 9.73. The zero-order chi connectivity index (χ0) is 8.43. The van der Waals surface area contributed by atoms with E-state index in [0.29, 0.717) is 3.57 Å². The lowest BCUT2D eigenvalue weighted by molar-refractivity contribution is 0.108. The molecule has 1 aromatic rings. The number of rotatable bonds is 1. The Hall–Kier alpha value is -0.160. The highest BCUT2D eigenvalue weighted by atomic mass is 127. The third-order valence-electron chi connectivity index (χ3n) is 1.14. The Kier molecular flexibility index (Phi) is 2.84. The summed E-state index contributed by atoms with van der Waals surface area (Å²) in [5.41, 5.74) is 0.215. The summed E-state index contributed by atoms with van der Waals surface area (Å²) < 4.78 is 13.1. The van der Waals surface area contributed by atoms with Crippen molar-refractivity contribution in [1.29, 1.82) is 0 Å². The van der Waals surface area contributed by atoms with Gasteiger partial charge in [-0.3, -0.25) is 4.79 Å². The van der Waals surface area contributed by atoms with E-state index < -0.39 is 11.1 Å². The highest BCUT2D eigenvalue weighted by Crippen LogP contribution is 2.15. The molecule has 1 nitrogen and oxygen atoms in total. The van der Waals surface area contributed by atoms with E-state index in [4.69, 9.17) is 11.6 Å². The molecule has 0 spiro atoms. The lowest BCUT2D eigenvalue weighted by Crippen LogP contribution is -1.93. The maximum atomic E-state index is 12.5. The summed E-state index contributed by atoms with van der Waals surface area (Å²) in [5.74, 6) is -0.450. The standard InChI is InChI=1S/C7H3ClFIO/c8-7(11)5-3-4(9)1-2-6(5)10/h1-3H. The van der Waals surface area contributed by atoms with Crippen LogP contribution in [0.25, 0.3) is 0 Å². The van der Waals surface area contributed by atoms with E-state index in [9.17, 15) is 9.18 Å². The molecule has 0 unspecified atom stereocenters. The summed E-state index contributed by atoms with van der Waals surface area (Å²) in [5, 5.41) is -0.631. The molecule has 1 rings (SSSR count). The van der Waals surface area contributed by atoms with Gasteiger partial charge >= 0.3 is 0 Å². The molecule has 0 saturated carbocycles. The van der Waals surface area contributed by atoms with Crippen LogP contribution in [0.4, 0.5) is 4.39 Å². The maximum absolute atomic E-state index is 12.5. The van der Waals surface area contributed by atoms with Gasteiger partial charge in [0.15, 0.2) is 0 Å². The molecule has 0 saturated heterocycles. The molecule has 0 aliphatic heterocycles. The number of hydrogen-bond acceptors (Lipinski definition) is 1. The van der Waals surface area contributed by atoms with E-state index in [1.807, 2.05) is 22.6 Å². The predicted octanol–water partition coefficient (Wildman–Crippen LogP) is 2.81. The fourth-order valence-corrected chi connectivity index (χ4v) is 1.54. The topological polar surface area (TPSA) is 17.1 Å². The Bertz CT molecular complexity index is 300. The lowest BCUT2D eigenvalue weighted by Gasteiger charge is -1.96. The Balaban J connectivity index is 3.23. The van der Waals surface area contributed by atoms with E-state index in [-0.39, 0.29) is 5.56 Å². The molecule has 4 heteroatoms. The summed E-state index contributed by atoms with van der Waals surface area (Å²) >= 11 is 7.09. The van der Waals surface area contributed by atoms with Crippen molar-refractivity contribution in [2.75, 3.05) is 0 Å². The molecule has 0 aromatic heterocycles. The predicted molar refractivity (Wildman–Crippen MR) is 49.3 cm³/mol. The number of carbonyl (C=O) groups excluding carboxylic acids is 1. The van der Waals surface area contributed by atoms with E-state index in [0.717, 1.165) is 6.07 Å². The first-order valence-corrected chi connectivity index (χ1v) is 4.22. The molecule has 0 aliphatic rings. The van der Waals surface area contributed by atoms with Crippen LogP contribution in [0, 0.1) is 9.39 Å². The minimum atomic E-state index is -0.631. The van der Waals surface area contributed by atoms with Gasteiger partial charge in [0.2, 0.25) is 0 Å². The van der Waals surface area contributed by atoms with Gasteiger partial charge in [-0.05, 0) is 52.4 Å². The lowest BCUT2D eigenvalue weighted by atomic mass is 10.2. The van der Waals surface area contributed by atoms with Crippen LogP contribution in [0.3, 0.4) is 0 Å². The number of hydrogen-bond donors (Lipinski definition) is 0. The average molecular weight is 284 g/mol. The van der Waals surface area contributed by atoms with E-state index in [2.05, 4.69) is 0 Å². The van der Waals surface area contributed by atoms with Gasteiger partial charge in [0.05, 0.1) is 5.56 Å². The smallest absolute Gasteiger partial charge is 0.253 e. The highest BCUT2D eigenvalue weighted by Gasteiger charge is 2.07. The molecular formula is C7H3ClFIO. The van der Waals surface area contributed by atoms with E-state index >= 15 is 0 Å². The molecule has 0 bridgehead atoms. The first-order chi connectivity index (χ1) is 5.11. The van der Waals surface area contributed by atoms with Gasteiger partial charge < -0.3 is 0 Å². The number of carbonyl (C=O) groups is 1. The molecule has 0 radical (unpaired) electrons. The molecule has 0 fully saturated rings.